The lowest BCUT2D eigenvalue weighted by molar-refractivity contribution is 0.490. The fourth-order valence-electron chi connectivity index (χ4n) is 2.66. The molecule has 2 aromatic carbocycles. The first-order valence-electron chi connectivity index (χ1n) is 7.61. The Balaban J connectivity index is 1.95. The van der Waals surface area contributed by atoms with Gasteiger partial charge in [0, 0.05) is 6.04 Å². The molecule has 1 atom stereocenters. The van der Waals surface area contributed by atoms with Gasteiger partial charge in [-0.05, 0) is 49.4 Å². The van der Waals surface area contributed by atoms with Gasteiger partial charge in [0.25, 0.3) is 0 Å². The fraction of sp³-hybridized carbons (Fsp3) is 0.368. The Hall–Kier alpha value is -1.60. The molecule has 2 aromatic rings. The third kappa shape index (κ3) is 4.50. The van der Waals surface area contributed by atoms with Crippen LogP contribution in [-0.2, 0) is 12.8 Å². The van der Waals surface area contributed by atoms with E-state index in [1.807, 2.05) is 0 Å². The maximum Gasteiger partial charge on any atom is 0.0111 e. The normalized spacial score (nSPS) is 12.3. The summed E-state index contributed by atoms with van der Waals surface area (Å²) in [4.78, 5) is 0. The molecule has 20 heavy (non-hydrogen) atoms. The average Bonchev–Trinajstić information content (AvgIpc) is 2.48. The van der Waals surface area contributed by atoms with E-state index in [0.717, 1.165) is 19.4 Å². The molecule has 0 saturated heterocycles. The minimum Gasteiger partial charge on any atom is -0.314 e. The van der Waals surface area contributed by atoms with E-state index >= 15 is 0 Å². The minimum atomic E-state index is 0.557. The summed E-state index contributed by atoms with van der Waals surface area (Å²) in [5.41, 5.74) is 4.29. The van der Waals surface area contributed by atoms with Gasteiger partial charge >= 0.3 is 0 Å². The van der Waals surface area contributed by atoms with Crippen LogP contribution in [0.15, 0.2) is 54.6 Å². The van der Waals surface area contributed by atoms with Crippen LogP contribution in [0.4, 0.5) is 0 Å². The summed E-state index contributed by atoms with van der Waals surface area (Å²) >= 11 is 0. The van der Waals surface area contributed by atoms with E-state index < -0.39 is 0 Å². The van der Waals surface area contributed by atoms with E-state index in [2.05, 4.69) is 73.8 Å². The first kappa shape index (κ1) is 14.8. The minimum absolute atomic E-state index is 0.557. The molecular weight excluding hydrogens is 242 g/mol. The van der Waals surface area contributed by atoms with Crippen LogP contribution in [0.2, 0.25) is 0 Å². The van der Waals surface area contributed by atoms with E-state index in [1.165, 1.54) is 23.1 Å². The molecule has 0 radical (unpaired) electrons. The molecule has 1 unspecified atom stereocenters. The van der Waals surface area contributed by atoms with E-state index in [9.17, 15) is 0 Å². The van der Waals surface area contributed by atoms with E-state index in [4.69, 9.17) is 0 Å². The number of hydrogen-bond donors (Lipinski definition) is 1. The van der Waals surface area contributed by atoms with Gasteiger partial charge in [-0.1, -0.05) is 61.5 Å². The van der Waals surface area contributed by atoms with E-state index in [1.54, 1.807) is 0 Å². The summed E-state index contributed by atoms with van der Waals surface area (Å²) < 4.78 is 0. The lowest BCUT2D eigenvalue weighted by Crippen LogP contribution is -2.31. The fourth-order valence-corrected chi connectivity index (χ4v) is 2.66. The van der Waals surface area contributed by atoms with Crippen molar-refractivity contribution in [2.24, 2.45) is 0 Å². The predicted octanol–water partition coefficient (Wildman–Crippen LogP) is 4.15. The van der Waals surface area contributed by atoms with Gasteiger partial charge in [-0.3, -0.25) is 0 Å². The SMILES string of the molecule is CCNC(CCc1ccccc1)Cc1ccccc1C. The van der Waals surface area contributed by atoms with Crippen molar-refractivity contribution in [1.29, 1.82) is 0 Å². The zero-order valence-electron chi connectivity index (χ0n) is 12.6. The van der Waals surface area contributed by atoms with Gasteiger partial charge in [-0.2, -0.15) is 0 Å². The largest absolute Gasteiger partial charge is 0.314 e. The van der Waals surface area contributed by atoms with Crippen LogP contribution in [-0.4, -0.2) is 12.6 Å². The lowest BCUT2D eigenvalue weighted by Gasteiger charge is -2.19. The maximum atomic E-state index is 3.63. The standard InChI is InChI=1S/C19H25N/c1-3-20-19(14-13-17-10-5-4-6-11-17)15-18-12-8-7-9-16(18)2/h4-12,19-20H,3,13-15H2,1-2H3. The molecule has 0 bridgehead atoms. The predicted molar refractivity (Wildman–Crippen MR) is 87.1 cm³/mol. The molecule has 1 N–H and O–H groups in total. The van der Waals surface area contributed by atoms with E-state index in [0.29, 0.717) is 6.04 Å². The number of likely N-dealkylation sites (N-methyl/N-ethyl adjacent to an activating group) is 1. The van der Waals surface area contributed by atoms with Crippen molar-refractivity contribution in [3.63, 3.8) is 0 Å². The Bertz CT molecular complexity index is 504. The van der Waals surface area contributed by atoms with Crippen LogP contribution in [0, 0.1) is 6.92 Å². The molecule has 0 fully saturated rings. The van der Waals surface area contributed by atoms with Gasteiger partial charge < -0.3 is 5.32 Å². The highest BCUT2D eigenvalue weighted by atomic mass is 14.9. The van der Waals surface area contributed by atoms with Gasteiger partial charge in [0.2, 0.25) is 0 Å². The second kappa shape index (κ2) is 7.86. The number of benzene rings is 2. The highest BCUT2D eigenvalue weighted by molar-refractivity contribution is 5.26. The van der Waals surface area contributed by atoms with Crippen LogP contribution < -0.4 is 5.32 Å². The Labute approximate surface area is 123 Å². The second-order valence-electron chi connectivity index (χ2n) is 5.41. The molecule has 0 spiro atoms. The Kier molecular flexibility index (Phi) is 5.82. The van der Waals surface area contributed by atoms with Crippen LogP contribution in [0.5, 0.6) is 0 Å². The molecule has 0 heterocycles. The first-order chi connectivity index (χ1) is 9.79. The number of aryl methyl sites for hydroxylation is 2. The summed E-state index contributed by atoms with van der Waals surface area (Å²) in [6.07, 6.45) is 3.45. The van der Waals surface area contributed by atoms with Gasteiger partial charge in [0.05, 0.1) is 0 Å². The molecule has 0 aliphatic carbocycles. The van der Waals surface area contributed by atoms with Gasteiger partial charge in [-0.15, -0.1) is 0 Å². The lowest BCUT2D eigenvalue weighted by atomic mass is 9.96. The zero-order chi connectivity index (χ0) is 14.2. The quantitative estimate of drug-likeness (QED) is 0.794. The topological polar surface area (TPSA) is 12.0 Å². The molecule has 0 saturated carbocycles. The van der Waals surface area contributed by atoms with Crippen LogP contribution in [0.3, 0.4) is 0 Å². The molecular formula is C19H25N. The van der Waals surface area contributed by atoms with Gasteiger partial charge in [0.1, 0.15) is 0 Å². The Morgan fingerprint density at radius 1 is 0.950 bits per heavy atom. The zero-order valence-corrected chi connectivity index (χ0v) is 12.6. The summed E-state index contributed by atoms with van der Waals surface area (Å²) in [7, 11) is 0. The Morgan fingerprint density at radius 3 is 2.35 bits per heavy atom. The molecule has 0 aliphatic rings. The van der Waals surface area contributed by atoms with Crippen molar-refractivity contribution < 1.29 is 0 Å². The summed E-state index contributed by atoms with van der Waals surface area (Å²) in [5.74, 6) is 0. The van der Waals surface area contributed by atoms with Crippen molar-refractivity contribution in [2.75, 3.05) is 6.54 Å². The smallest absolute Gasteiger partial charge is 0.0111 e. The molecule has 106 valence electrons. The highest BCUT2D eigenvalue weighted by Crippen LogP contribution is 2.13. The van der Waals surface area contributed by atoms with Crippen molar-refractivity contribution in [1.82, 2.24) is 5.32 Å². The number of hydrogen-bond acceptors (Lipinski definition) is 1. The van der Waals surface area contributed by atoms with Crippen LogP contribution in [0.25, 0.3) is 0 Å². The molecule has 1 nitrogen and oxygen atoms in total. The van der Waals surface area contributed by atoms with Gasteiger partial charge in [-0.25, -0.2) is 0 Å². The third-order valence-corrected chi connectivity index (χ3v) is 3.84. The third-order valence-electron chi connectivity index (χ3n) is 3.84. The number of rotatable bonds is 7. The molecule has 0 amide bonds. The van der Waals surface area contributed by atoms with Crippen molar-refractivity contribution in [3.8, 4) is 0 Å². The molecule has 2 rings (SSSR count). The average molecular weight is 267 g/mol. The summed E-state index contributed by atoms with van der Waals surface area (Å²) in [6.45, 7) is 5.42. The van der Waals surface area contributed by atoms with Crippen molar-refractivity contribution >= 4 is 0 Å². The second-order valence-corrected chi connectivity index (χ2v) is 5.41. The monoisotopic (exact) mass is 267 g/mol. The molecule has 1 heteroatoms. The van der Waals surface area contributed by atoms with Gasteiger partial charge in [0.15, 0.2) is 0 Å². The van der Waals surface area contributed by atoms with Crippen molar-refractivity contribution in [3.05, 3.63) is 71.3 Å². The van der Waals surface area contributed by atoms with E-state index in [-0.39, 0.29) is 0 Å². The maximum absolute atomic E-state index is 3.63. The summed E-state index contributed by atoms with van der Waals surface area (Å²) in [6, 6.07) is 20.0. The number of nitrogens with one attached hydrogen (secondary N) is 1. The van der Waals surface area contributed by atoms with Crippen LogP contribution in [0.1, 0.15) is 30.0 Å². The first-order valence-corrected chi connectivity index (χ1v) is 7.61. The molecule has 0 aliphatic heterocycles. The highest BCUT2D eigenvalue weighted by Gasteiger charge is 2.10. The van der Waals surface area contributed by atoms with Crippen molar-refractivity contribution in [2.45, 2.75) is 39.2 Å². The summed E-state index contributed by atoms with van der Waals surface area (Å²) in [5, 5.41) is 3.63. The molecule has 0 aromatic heterocycles. The Morgan fingerprint density at radius 2 is 1.65 bits per heavy atom. The van der Waals surface area contributed by atoms with Crippen LogP contribution >= 0.6 is 0 Å².